The number of rotatable bonds is 6. The SMILES string of the molecule is CCC(C)CN(CC)CC1Cc2ccccc2S1. The summed E-state index contributed by atoms with van der Waals surface area (Å²) >= 11 is 2.07. The van der Waals surface area contributed by atoms with Gasteiger partial charge in [0.25, 0.3) is 0 Å². The molecular formula is C16H25NS. The van der Waals surface area contributed by atoms with E-state index >= 15 is 0 Å². The van der Waals surface area contributed by atoms with Gasteiger partial charge in [-0.1, -0.05) is 45.4 Å². The molecule has 1 nitrogen and oxygen atoms in total. The lowest BCUT2D eigenvalue weighted by Gasteiger charge is -2.26. The van der Waals surface area contributed by atoms with Crippen molar-refractivity contribution >= 4 is 11.8 Å². The Hall–Kier alpha value is -0.470. The third kappa shape index (κ3) is 3.52. The second kappa shape index (κ2) is 6.63. The third-order valence-electron chi connectivity index (χ3n) is 3.89. The zero-order valence-electron chi connectivity index (χ0n) is 11.9. The van der Waals surface area contributed by atoms with Crippen molar-refractivity contribution in [3.8, 4) is 0 Å². The molecular weight excluding hydrogens is 238 g/mol. The lowest BCUT2D eigenvalue weighted by molar-refractivity contribution is 0.247. The normalized spacial score (nSPS) is 20.1. The van der Waals surface area contributed by atoms with Crippen LogP contribution in [0.1, 0.15) is 32.8 Å². The molecule has 1 aromatic carbocycles. The van der Waals surface area contributed by atoms with Crippen molar-refractivity contribution in [2.45, 2.75) is 43.8 Å². The predicted octanol–water partition coefficient (Wildman–Crippen LogP) is 4.07. The van der Waals surface area contributed by atoms with Gasteiger partial charge in [-0.05, 0) is 30.5 Å². The smallest absolute Gasteiger partial charge is 0.0263 e. The minimum Gasteiger partial charge on any atom is -0.302 e. The van der Waals surface area contributed by atoms with Crippen molar-refractivity contribution in [2.24, 2.45) is 5.92 Å². The molecule has 0 aliphatic carbocycles. The van der Waals surface area contributed by atoms with E-state index in [2.05, 4.69) is 61.7 Å². The van der Waals surface area contributed by atoms with Crippen LogP contribution < -0.4 is 0 Å². The average Bonchev–Trinajstić information content (AvgIpc) is 2.79. The number of nitrogens with zero attached hydrogens (tertiary/aromatic N) is 1. The molecule has 0 radical (unpaired) electrons. The first-order chi connectivity index (χ1) is 8.72. The number of thioether (sulfide) groups is 1. The van der Waals surface area contributed by atoms with Gasteiger partial charge in [0.1, 0.15) is 0 Å². The topological polar surface area (TPSA) is 3.24 Å². The molecule has 0 bridgehead atoms. The van der Waals surface area contributed by atoms with E-state index in [1.165, 1.54) is 37.4 Å². The number of benzene rings is 1. The van der Waals surface area contributed by atoms with E-state index in [9.17, 15) is 0 Å². The lowest BCUT2D eigenvalue weighted by atomic mass is 10.1. The molecule has 2 rings (SSSR count). The predicted molar refractivity (Wildman–Crippen MR) is 81.4 cm³/mol. The zero-order valence-corrected chi connectivity index (χ0v) is 12.7. The summed E-state index contributed by atoms with van der Waals surface area (Å²) in [6.07, 6.45) is 2.53. The van der Waals surface area contributed by atoms with Gasteiger partial charge >= 0.3 is 0 Å². The highest BCUT2D eigenvalue weighted by Gasteiger charge is 2.23. The van der Waals surface area contributed by atoms with Gasteiger partial charge in [0.2, 0.25) is 0 Å². The zero-order chi connectivity index (χ0) is 13.0. The Labute approximate surface area is 116 Å². The lowest BCUT2D eigenvalue weighted by Crippen LogP contribution is -2.34. The van der Waals surface area contributed by atoms with E-state index in [0.717, 1.165) is 11.2 Å². The Morgan fingerprint density at radius 3 is 2.78 bits per heavy atom. The molecule has 1 aliphatic rings. The Bertz CT molecular complexity index is 352. The maximum Gasteiger partial charge on any atom is 0.0263 e. The van der Waals surface area contributed by atoms with Gasteiger partial charge in [-0.3, -0.25) is 0 Å². The molecule has 2 atom stereocenters. The van der Waals surface area contributed by atoms with Gasteiger partial charge in [-0.25, -0.2) is 0 Å². The van der Waals surface area contributed by atoms with Crippen molar-refractivity contribution < 1.29 is 0 Å². The highest BCUT2D eigenvalue weighted by Crippen LogP contribution is 2.37. The molecule has 0 saturated carbocycles. The van der Waals surface area contributed by atoms with E-state index < -0.39 is 0 Å². The summed E-state index contributed by atoms with van der Waals surface area (Å²) < 4.78 is 0. The summed E-state index contributed by atoms with van der Waals surface area (Å²) in [4.78, 5) is 4.12. The molecule has 0 N–H and O–H groups in total. The van der Waals surface area contributed by atoms with E-state index in [4.69, 9.17) is 0 Å². The average molecular weight is 263 g/mol. The van der Waals surface area contributed by atoms with Crippen molar-refractivity contribution in [2.75, 3.05) is 19.6 Å². The summed E-state index contributed by atoms with van der Waals surface area (Å²) in [5, 5.41) is 0.756. The molecule has 18 heavy (non-hydrogen) atoms. The van der Waals surface area contributed by atoms with E-state index in [1.54, 1.807) is 5.56 Å². The van der Waals surface area contributed by atoms with Crippen LogP contribution in [-0.4, -0.2) is 29.8 Å². The van der Waals surface area contributed by atoms with Gasteiger partial charge < -0.3 is 4.90 Å². The van der Waals surface area contributed by atoms with Gasteiger partial charge in [0.05, 0.1) is 0 Å². The van der Waals surface area contributed by atoms with Crippen LogP contribution in [0.3, 0.4) is 0 Å². The maximum atomic E-state index is 2.62. The molecule has 2 unspecified atom stereocenters. The van der Waals surface area contributed by atoms with E-state index in [0.29, 0.717) is 0 Å². The van der Waals surface area contributed by atoms with Crippen molar-refractivity contribution in [1.29, 1.82) is 0 Å². The second-order valence-corrected chi connectivity index (χ2v) is 6.76. The van der Waals surface area contributed by atoms with Gasteiger partial charge in [-0.15, -0.1) is 11.8 Å². The maximum absolute atomic E-state index is 2.62. The Kier molecular flexibility index (Phi) is 5.13. The fraction of sp³-hybridized carbons (Fsp3) is 0.625. The highest BCUT2D eigenvalue weighted by molar-refractivity contribution is 8.00. The van der Waals surface area contributed by atoms with Crippen LogP contribution >= 0.6 is 11.8 Å². The van der Waals surface area contributed by atoms with Crippen LogP contribution in [-0.2, 0) is 6.42 Å². The molecule has 1 heterocycles. The standard InChI is InChI=1S/C16H25NS/c1-4-13(3)11-17(5-2)12-15-10-14-8-6-7-9-16(14)18-15/h6-9,13,15H,4-5,10-12H2,1-3H3. The van der Waals surface area contributed by atoms with Crippen LogP contribution in [0.4, 0.5) is 0 Å². The Morgan fingerprint density at radius 1 is 1.33 bits per heavy atom. The molecule has 2 heteroatoms. The first-order valence-electron chi connectivity index (χ1n) is 7.19. The summed E-state index contributed by atoms with van der Waals surface area (Å²) in [5.41, 5.74) is 1.55. The van der Waals surface area contributed by atoms with Crippen LogP contribution in [0.2, 0.25) is 0 Å². The summed E-state index contributed by atoms with van der Waals surface area (Å²) in [6, 6.07) is 8.88. The van der Waals surface area contributed by atoms with Gasteiger partial charge in [-0.2, -0.15) is 0 Å². The first kappa shape index (κ1) is 14.0. The molecule has 1 aromatic rings. The quantitative estimate of drug-likeness (QED) is 0.761. The largest absolute Gasteiger partial charge is 0.302 e. The van der Waals surface area contributed by atoms with Gasteiger partial charge in [0.15, 0.2) is 0 Å². The van der Waals surface area contributed by atoms with Crippen LogP contribution in [0.15, 0.2) is 29.2 Å². The molecule has 0 amide bonds. The minimum atomic E-state index is 0.756. The molecule has 100 valence electrons. The number of hydrogen-bond acceptors (Lipinski definition) is 2. The Balaban J connectivity index is 1.87. The summed E-state index contributed by atoms with van der Waals surface area (Å²) in [7, 11) is 0. The summed E-state index contributed by atoms with van der Waals surface area (Å²) in [5.74, 6) is 0.818. The van der Waals surface area contributed by atoms with Crippen molar-refractivity contribution in [3.63, 3.8) is 0 Å². The first-order valence-corrected chi connectivity index (χ1v) is 8.07. The Morgan fingerprint density at radius 2 is 2.11 bits per heavy atom. The monoisotopic (exact) mass is 263 g/mol. The minimum absolute atomic E-state index is 0.756. The second-order valence-electron chi connectivity index (χ2n) is 5.42. The summed E-state index contributed by atoms with van der Waals surface area (Å²) in [6.45, 7) is 10.6. The molecule has 0 saturated heterocycles. The molecule has 0 aromatic heterocycles. The number of hydrogen-bond donors (Lipinski definition) is 0. The van der Waals surface area contributed by atoms with Crippen molar-refractivity contribution in [1.82, 2.24) is 4.90 Å². The third-order valence-corrected chi connectivity index (χ3v) is 5.19. The molecule has 1 aliphatic heterocycles. The van der Waals surface area contributed by atoms with Gasteiger partial charge in [0, 0.05) is 23.2 Å². The van der Waals surface area contributed by atoms with E-state index in [1.807, 2.05) is 0 Å². The van der Waals surface area contributed by atoms with E-state index in [-0.39, 0.29) is 0 Å². The van der Waals surface area contributed by atoms with Crippen LogP contribution in [0.5, 0.6) is 0 Å². The van der Waals surface area contributed by atoms with Crippen LogP contribution in [0, 0.1) is 5.92 Å². The van der Waals surface area contributed by atoms with Crippen molar-refractivity contribution in [3.05, 3.63) is 29.8 Å². The fourth-order valence-electron chi connectivity index (χ4n) is 2.55. The number of fused-ring (bicyclic) bond motifs is 1. The molecule has 0 fully saturated rings. The molecule has 0 spiro atoms. The van der Waals surface area contributed by atoms with Crippen LogP contribution in [0.25, 0.3) is 0 Å². The highest BCUT2D eigenvalue weighted by atomic mass is 32.2. The fourth-order valence-corrected chi connectivity index (χ4v) is 3.91.